The number of carbonyl (C=O) groups is 7. The average molecular weight is 3300 g/mol. The standard InChI is InChI=1S/C4H9O4PS.2C4H9O3PS2.C4H9O2PS3.C4H8O.C3H7O4PS.2C3H7O3PS2.C3H7O2PS3.C2H7O3P.2CH3I.2CH3O4PS.CH3O3PS2.CH3O2PS3.COS.CS2.21Na.4H2O.H/c1-7-9(6,8-2)4(5)10-3;1-6-8(5,7-2)4(9)10-3;1-6-8(9,7-2)4(5)10-3;1-5-7(9,6-2)4(8)10-3;1-2-4-5-3-1;1-7-8(5,6)3(4)9-2;1-6-7(4,5)3(8)9-2;1-8-3(4)7(5,6)9-2;1-8-3(7)6(4,5)9-2;1-4-6(3)5-2;2*1-2;2*2-1(7)6(3,4)5;2-1(6)5(3,4)7;2-4(3,7)1(5)6;2*2-1-3;;;;;;;;;;;;;;;;;;;;;;;;;;/h4*1-3H3;1-4H2;1-2H3,(H,5,6);1-2H3,(H,4,5);1-2H3,(H,5,6);1-2H3,(H,4,5);3H,1-2H3;2*1H3;2*(H,2,7)(H2,3,4,5);(H,2,6)(H2,3,4,7);(H,5,6)(H2,2,3,7);;;;;;;;;;;;;;;;;;;;;;;;4*1H2;/q;;;;;;;;;;;;;;;;;;21*+1;;;;;-1/p-20. The monoisotopic (exact) mass is 3300 g/mol. The van der Waals surface area contributed by atoms with Crippen LogP contribution in [-0.4, -0.2) is 261 Å². The second-order valence-corrected chi connectivity index (χ2v) is 65.7. The van der Waals surface area contributed by atoms with E-state index in [1.165, 1.54) is 139 Å². The van der Waals surface area contributed by atoms with Gasteiger partial charge in [-0.1, -0.05) is 148 Å². The Hall–Kier alpha value is 28.6. The van der Waals surface area contributed by atoms with Crippen LogP contribution in [0.3, 0.4) is 0 Å². The van der Waals surface area contributed by atoms with Crippen LogP contribution in [0.2, 0.25) is 0 Å². The van der Waals surface area contributed by atoms with Crippen molar-refractivity contribution >= 4 is 515 Å². The Morgan fingerprint density at radius 3 is 0.600 bits per heavy atom. The molecule has 1 aliphatic heterocycles. The molecule has 1 heterocycles. The predicted molar refractivity (Wildman–Crippen MR) is 580 cm³/mol. The molecule has 0 aliphatic carbocycles. The van der Waals surface area contributed by atoms with E-state index in [1.807, 2.05) is 20.4 Å². The number of alkyl halides is 2. The molecular formula is C42H86I2Na21O46P13S26. The average Bonchev–Trinajstić information content (AvgIpc) is 1.56. The maximum absolute atomic E-state index is 11.3. The van der Waals surface area contributed by atoms with Gasteiger partial charge in [0.15, 0.2) is 11.5 Å². The van der Waals surface area contributed by atoms with Gasteiger partial charge < -0.3 is 270 Å². The Morgan fingerprint density at radius 2 is 0.540 bits per heavy atom. The molecule has 0 aromatic heterocycles. The van der Waals surface area contributed by atoms with Gasteiger partial charge in [-0.3, -0.25) is 32.9 Å². The quantitative estimate of drug-likeness (QED) is 0.0210. The van der Waals surface area contributed by atoms with Crippen molar-refractivity contribution < 1.29 is 841 Å². The predicted octanol–water partition coefficient (Wildman–Crippen LogP) is -49.2. The van der Waals surface area contributed by atoms with Gasteiger partial charge in [-0.25, -0.2) is 4.79 Å². The van der Waals surface area contributed by atoms with Crippen molar-refractivity contribution in [2.24, 2.45) is 0 Å². The smallest absolute Gasteiger partial charge is 1.00 e. The van der Waals surface area contributed by atoms with Crippen LogP contribution in [0.1, 0.15) is 14.3 Å². The Balaban J connectivity index is -0.0000000199. The molecule has 108 heteroatoms. The molecule has 5 N–H and O–H groups in total. The molecule has 1 aliphatic rings. The summed E-state index contributed by atoms with van der Waals surface area (Å²) >= 11 is 80.0. The third kappa shape index (κ3) is 209. The zero-order chi connectivity index (χ0) is 105. The van der Waals surface area contributed by atoms with Crippen molar-refractivity contribution in [2.75, 3.05) is 171 Å². The zero-order valence-electron chi connectivity index (χ0n) is 92.0. The summed E-state index contributed by atoms with van der Waals surface area (Å²) in [6.45, 7) is -18.1. The zero-order valence-corrected chi connectivity index (χ0v) is 170. The van der Waals surface area contributed by atoms with Gasteiger partial charge in [0.25, 0.3) is 21.1 Å². The fourth-order valence-corrected chi connectivity index (χ4v) is 21.3. The first-order valence-electron chi connectivity index (χ1n) is 27.4. The van der Waals surface area contributed by atoms with Crippen molar-refractivity contribution in [3.05, 3.63) is 0 Å². The van der Waals surface area contributed by atoms with Gasteiger partial charge in [-0.2, -0.15) is 0 Å². The third-order valence-electron chi connectivity index (χ3n) is 8.10. The maximum atomic E-state index is 11.3. The molecule has 1 fully saturated rings. The minimum Gasteiger partial charge on any atom is -1.00 e. The number of hydrogen-bond donors (Lipinski definition) is 1. The number of halogens is 2. The van der Waals surface area contributed by atoms with Crippen LogP contribution in [0.15, 0.2) is 0 Å². The molecule has 1 saturated heterocycles. The number of thioether (sulfide) groups is 8. The summed E-state index contributed by atoms with van der Waals surface area (Å²) < 4.78 is 164. The van der Waals surface area contributed by atoms with E-state index in [0.29, 0.717) is 27.1 Å². The van der Waals surface area contributed by atoms with Crippen LogP contribution >= 0.6 is 353 Å². The summed E-state index contributed by atoms with van der Waals surface area (Å²) in [4.78, 5) is 184. The molecule has 6 unspecified atom stereocenters. The second-order valence-electron chi connectivity index (χ2n) is 15.1. The first-order valence-corrected chi connectivity index (χ1v) is 74.2. The Bertz CT molecular complexity index is 3380. The number of thiocarbonyl (C=S) groups is 8. The minimum absolute atomic E-state index is 0. The molecule has 0 bridgehead atoms. The largest absolute Gasteiger partial charge is 1.00 e. The summed E-state index contributed by atoms with van der Waals surface area (Å²) in [5.41, 5.74) is 0. The fourth-order valence-electron chi connectivity index (χ4n) is 2.67. The number of ether oxygens (including phenoxy) is 1. The van der Waals surface area contributed by atoms with Crippen molar-refractivity contribution in [1.82, 2.24) is 0 Å². The molecule has 1 rings (SSSR count). The van der Waals surface area contributed by atoms with Crippen molar-refractivity contribution in [2.45, 2.75) is 12.8 Å². The Kier molecular flexibility index (Phi) is 392. The van der Waals surface area contributed by atoms with Crippen LogP contribution in [0, 0.1) is 0 Å². The number of hydrogen-bond acceptors (Lipinski definition) is 72. The second kappa shape index (κ2) is 195. The summed E-state index contributed by atoms with van der Waals surface area (Å²) in [5, 5.41) is 1.08. The van der Waals surface area contributed by atoms with Crippen LogP contribution < -0.4 is 670 Å². The molecule has 0 aromatic rings. The molecule has 786 valence electrons. The van der Waals surface area contributed by atoms with E-state index in [4.69, 9.17) is 80.6 Å². The van der Waals surface area contributed by atoms with Gasteiger partial charge >= 0.3 is 644 Å². The van der Waals surface area contributed by atoms with Gasteiger partial charge in [-0.15, -0.1) is 80.3 Å². The summed E-state index contributed by atoms with van der Waals surface area (Å²) in [5.74, 6) is 0. The topological polar surface area (TPSA) is 798 Å². The van der Waals surface area contributed by atoms with Crippen LogP contribution in [0.5, 0.6) is 0 Å². The van der Waals surface area contributed by atoms with E-state index < -0.39 is 127 Å². The molecule has 0 spiro atoms. The van der Waals surface area contributed by atoms with Crippen molar-refractivity contribution in [1.29, 1.82) is 0 Å². The van der Waals surface area contributed by atoms with E-state index in [0.717, 1.165) is 103 Å². The fraction of sp³-hybridized carbons (Fsp3) is 0.667. The van der Waals surface area contributed by atoms with Gasteiger partial charge in [0, 0.05) is 130 Å². The van der Waals surface area contributed by atoms with Crippen molar-refractivity contribution in [3.8, 4) is 0 Å². The minimum atomic E-state index is -5.06. The van der Waals surface area contributed by atoms with Gasteiger partial charge in [0.2, 0.25) is 24.2 Å². The Labute approximate surface area is 1500 Å². The van der Waals surface area contributed by atoms with Crippen LogP contribution in [0.25, 0.3) is 0 Å². The molecule has 46 nitrogen and oxygen atoms in total. The SMILES string of the molecule is C1CCOC1.CI.CI.COP(=O)(OC)C(=O)SC.COP(=O)(OC)C(=S)SC.COP(=O)([O-])C(=O)SC.COP(=O)([O-])C(=S)SC.COP(=S)(OC)C(=O)SC.COP(=S)(OC)C(=S)SC.COP(O)OC.CSC(=O)P(=O)([O-])SC.CSC(=S)P(=O)([O-])SC.O=C([S-])P(=O)([O-])[O-].O=C([S-])P(=O)([O-])[O-].O=C([S-])P(=O)([O-])[S-].O=C=S.O=P([O-])([S-])C(=S)[S-].S=C=S.[H-].[Na+].[Na+].[Na+].[Na+].[Na+].[Na+].[Na+].[Na+].[Na+].[Na+].[Na+].[Na+].[Na+].[Na+].[Na+].[Na+].[Na+].[Na+].[Na+].[Na+].[Na+].[OH-].[OH-].[OH-].[OH-]. The van der Waals surface area contributed by atoms with Gasteiger partial charge in [-0.05, 0) is 149 Å². The number of carbonyl (C=O) groups excluding carboxylic acids is 8. The molecule has 0 radical (unpaired) electrons. The van der Waals surface area contributed by atoms with Crippen molar-refractivity contribution in [3.63, 3.8) is 0 Å². The normalized spacial score (nSPS) is 11.2. The molecule has 0 aromatic carbocycles. The van der Waals surface area contributed by atoms with Gasteiger partial charge in [0.1, 0.15) is 25.0 Å². The first kappa shape index (κ1) is 302. The van der Waals surface area contributed by atoms with E-state index >= 15 is 0 Å². The molecule has 0 saturated carbocycles. The molecule has 0 amide bonds. The van der Waals surface area contributed by atoms with E-state index in [9.17, 15) is 128 Å². The summed E-state index contributed by atoms with van der Waals surface area (Å²) in [6, 6.07) is 0. The summed E-state index contributed by atoms with van der Waals surface area (Å²) in [7, 11) is -10.6. The number of rotatable bonds is 26. The third-order valence-corrected chi connectivity index (χ3v) is 51.8. The molecule has 150 heavy (non-hydrogen) atoms. The van der Waals surface area contributed by atoms with Crippen LogP contribution in [0.4, 0.5) is 33.6 Å². The van der Waals surface area contributed by atoms with Gasteiger partial charge in [0.05, 0.1) is 0 Å². The summed E-state index contributed by atoms with van der Waals surface area (Å²) in [6.07, 6.45) is 18.3. The first-order chi connectivity index (χ1) is 56.5. The molecule has 6 atom stereocenters. The van der Waals surface area contributed by atoms with E-state index in [2.05, 4.69) is 230 Å². The Morgan fingerprint density at radius 1 is 0.340 bits per heavy atom. The van der Waals surface area contributed by atoms with Crippen LogP contribution in [-0.2, 0) is 208 Å². The van der Waals surface area contributed by atoms with E-state index in [1.54, 1.807) is 25.0 Å². The van der Waals surface area contributed by atoms with E-state index in [-0.39, 0.29) is 661 Å². The maximum Gasteiger partial charge on any atom is 1.00 e. The molecular weight excluding hydrogens is 3210 g/mol.